The number of allylic oxidation sites excluding steroid dienone is 1. The molecule has 0 aliphatic carbocycles. The minimum absolute atomic E-state index is 0.162. The molecule has 0 spiro atoms. The molecule has 2 aliphatic heterocycles. The molecule has 5 nitrogen and oxygen atoms in total. The fraction of sp³-hybridized carbons (Fsp3) is 0.696. The van der Waals surface area contributed by atoms with Crippen LogP contribution in [0.5, 0.6) is 0 Å². The third kappa shape index (κ3) is 8.33. The maximum atomic E-state index is 12.7. The van der Waals surface area contributed by atoms with Crippen molar-refractivity contribution in [3.8, 4) is 0 Å². The largest absolute Gasteiger partial charge is 0.468 e. The van der Waals surface area contributed by atoms with Gasteiger partial charge in [-0.3, -0.25) is 0 Å². The van der Waals surface area contributed by atoms with Gasteiger partial charge in [0.15, 0.2) is 0 Å². The van der Waals surface area contributed by atoms with Crippen LogP contribution in [0.2, 0.25) is 0 Å². The molecule has 0 saturated carbocycles. The molecule has 0 aromatic heterocycles. The Labute approximate surface area is 185 Å². The average molecular weight is 446 g/mol. The molecule has 0 amide bonds. The number of alkyl halides is 3. The van der Waals surface area contributed by atoms with Gasteiger partial charge in [-0.1, -0.05) is 25.7 Å². The highest BCUT2D eigenvalue weighted by atomic mass is 19.4. The molecule has 2 saturated heterocycles. The van der Waals surface area contributed by atoms with Gasteiger partial charge in [-0.2, -0.15) is 13.2 Å². The van der Waals surface area contributed by atoms with Crippen LogP contribution in [-0.2, 0) is 9.47 Å². The second-order valence-electron chi connectivity index (χ2n) is 8.40. The third-order valence-electron chi connectivity index (χ3n) is 5.77. The second-order valence-corrected chi connectivity index (χ2v) is 8.40. The molecular weight excluding hydrogens is 407 g/mol. The lowest BCUT2D eigenvalue weighted by atomic mass is 9.98. The van der Waals surface area contributed by atoms with Crippen LogP contribution in [0, 0.1) is 5.92 Å². The second kappa shape index (κ2) is 12.3. The highest BCUT2D eigenvalue weighted by Gasteiger charge is 2.36. The SMILES string of the molecule is C=C(C(=C)C(F)(F)F)C(CC(NC(=NC)OC)=C(C)C)OC.CC1CC2CCCN2C1. The Morgan fingerprint density at radius 2 is 1.90 bits per heavy atom. The number of amidine groups is 1. The normalized spacial score (nSPS) is 22.2. The number of aliphatic imine (C=N–C) groups is 1. The number of hydrogen-bond donors (Lipinski definition) is 1. The first-order valence-corrected chi connectivity index (χ1v) is 10.6. The summed E-state index contributed by atoms with van der Waals surface area (Å²) >= 11 is 0. The molecule has 8 heteroatoms. The molecule has 2 aliphatic rings. The smallest absolute Gasteiger partial charge is 0.416 e. The zero-order chi connectivity index (χ0) is 23.8. The van der Waals surface area contributed by atoms with Gasteiger partial charge in [-0.25, -0.2) is 4.99 Å². The van der Waals surface area contributed by atoms with E-state index in [0.717, 1.165) is 17.5 Å². The van der Waals surface area contributed by atoms with Gasteiger partial charge in [0, 0.05) is 38.9 Å². The van der Waals surface area contributed by atoms with E-state index in [9.17, 15) is 13.2 Å². The van der Waals surface area contributed by atoms with E-state index in [0.29, 0.717) is 5.70 Å². The van der Waals surface area contributed by atoms with Gasteiger partial charge < -0.3 is 19.7 Å². The number of methoxy groups -OCH3 is 2. The van der Waals surface area contributed by atoms with Gasteiger partial charge >= 0.3 is 6.18 Å². The Kier molecular flexibility index (Phi) is 10.8. The fourth-order valence-electron chi connectivity index (χ4n) is 3.96. The number of rotatable bonds is 6. The van der Waals surface area contributed by atoms with Gasteiger partial charge in [0.1, 0.15) is 0 Å². The minimum Gasteiger partial charge on any atom is -0.468 e. The summed E-state index contributed by atoms with van der Waals surface area (Å²) in [6.07, 6.45) is -0.826. The van der Waals surface area contributed by atoms with Crippen LogP contribution in [0.15, 0.2) is 40.6 Å². The third-order valence-corrected chi connectivity index (χ3v) is 5.77. The Morgan fingerprint density at radius 3 is 2.35 bits per heavy atom. The molecule has 0 aromatic rings. The monoisotopic (exact) mass is 445 g/mol. The molecule has 0 aromatic carbocycles. The number of nitrogens with zero attached hydrogens (tertiary/aromatic N) is 2. The van der Waals surface area contributed by atoms with Gasteiger partial charge in [-0.05, 0) is 51.1 Å². The van der Waals surface area contributed by atoms with Gasteiger partial charge in [0.25, 0.3) is 6.02 Å². The van der Waals surface area contributed by atoms with Crippen molar-refractivity contribution in [2.45, 2.75) is 64.8 Å². The van der Waals surface area contributed by atoms with Crippen molar-refractivity contribution in [3.05, 3.63) is 35.6 Å². The van der Waals surface area contributed by atoms with E-state index in [1.54, 1.807) is 0 Å². The van der Waals surface area contributed by atoms with Crippen molar-refractivity contribution >= 4 is 6.02 Å². The summed E-state index contributed by atoms with van der Waals surface area (Å²) < 4.78 is 48.3. The standard InChI is InChI=1S/C15H23F3N2O2.C8H15N/c1-9(2)12(20-14(19-5)22-7)8-13(21-6)10(3)11(4)15(16,17)18;1-7-5-8-3-2-4-9(8)6-7/h13H,3-4,8H2,1-2,5-7H3,(H,19,20);7-8H,2-6H2,1H3. The van der Waals surface area contributed by atoms with E-state index in [2.05, 4.69) is 35.3 Å². The van der Waals surface area contributed by atoms with Crippen LogP contribution in [0.3, 0.4) is 0 Å². The van der Waals surface area contributed by atoms with Crippen molar-refractivity contribution in [2.24, 2.45) is 10.9 Å². The number of halogens is 3. The number of nitrogens with one attached hydrogen (secondary N) is 1. The predicted molar refractivity (Wildman–Crippen MR) is 120 cm³/mol. The summed E-state index contributed by atoms with van der Waals surface area (Å²) in [5, 5.41) is 2.93. The highest BCUT2D eigenvalue weighted by Crippen LogP contribution is 2.33. The topological polar surface area (TPSA) is 46.1 Å². The first-order valence-electron chi connectivity index (χ1n) is 10.6. The Hall–Kier alpha value is -1.80. The van der Waals surface area contributed by atoms with E-state index in [1.807, 2.05) is 13.8 Å². The minimum atomic E-state index is -4.53. The van der Waals surface area contributed by atoms with Crippen molar-refractivity contribution in [1.82, 2.24) is 10.2 Å². The number of fused-ring (bicyclic) bond motifs is 1. The summed E-state index contributed by atoms with van der Waals surface area (Å²) in [5.41, 5.74) is 0.308. The molecular formula is C23H38F3N3O2. The van der Waals surface area contributed by atoms with E-state index in [4.69, 9.17) is 9.47 Å². The van der Waals surface area contributed by atoms with Crippen LogP contribution < -0.4 is 5.32 Å². The van der Waals surface area contributed by atoms with Crippen molar-refractivity contribution in [1.29, 1.82) is 0 Å². The molecule has 2 rings (SSSR count). The first kappa shape index (κ1) is 27.2. The molecule has 0 bridgehead atoms. The van der Waals surface area contributed by atoms with Crippen molar-refractivity contribution in [3.63, 3.8) is 0 Å². The molecule has 31 heavy (non-hydrogen) atoms. The van der Waals surface area contributed by atoms with Crippen LogP contribution >= 0.6 is 0 Å². The highest BCUT2D eigenvalue weighted by molar-refractivity contribution is 5.75. The molecule has 1 N–H and O–H groups in total. The van der Waals surface area contributed by atoms with Crippen molar-refractivity contribution < 1.29 is 22.6 Å². The zero-order valence-corrected chi connectivity index (χ0v) is 19.7. The van der Waals surface area contributed by atoms with E-state index >= 15 is 0 Å². The Balaban J connectivity index is 0.000000432. The fourth-order valence-corrected chi connectivity index (χ4v) is 3.96. The van der Waals surface area contributed by atoms with Crippen LogP contribution in [0.4, 0.5) is 13.2 Å². The Morgan fingerprint density at radius 1 is 1.26 bits per heavy atom. The summed E-state index contributed by atoms with van der Waals surface area (Å²) in [6.45, 7) is 15.3. The molecule has 0 radical (unpaired) electrons. The molecule has 178 valence electrons. The van der Waals surface area contributed by atoms with Crippen molar-refractivity contribution in [2.75, 3.05) is 34.4 Å². The van der Waals surface area contributed by atoms with E-state index in [1.165, 1.54) is 53.6 Å². The van der Waals surface area contributed by atoms with Gasteiger partial charge in [-0.15, -0.1) is 0 Å². The van der Waals surface area contributed by atoms with E-state index < -0.39 is 17.9 Å². The molecule has 3 atom stereocenters. The summed E-state index contributed by atoms with van der Waals surface area (Å²) in [4.78, 5) is 6.53. The lowest BCUT2D eigenvalue weighted by Gasteiger charge is -2.23. The first-order chi connectivity index (χ1) is 14.4. The molecule has 2 fully saturated rings. The predicted octanol–water partition coefficient (Wildman–Crippen LogP) is 5.07. The maximum Gasteiger partial charge on any atom is 0.416 e. The quantitative estimate of drug-likeness (QED) is 0.352. The number of ether oxygens (including phenoxy) is 2. The number of hydrogen-bond acceptors (Lipinski definition) is 4. The summed E-state index contributed by atoms with van der Waals surface area (Å²) in [7, 11) is 4.30. The molecule has 3 unspecified atom stereocenters. The maximum absolute atomic E-state index is 12.7. The average Bonchev–Trinajstić information content (AvgIpc) is 3.27. The lowest BCUT2D eigenvalue weighted by Crippen LogP contribution is -2.30. The van der Waals surface area contributed by atoms with Crippen LogP contribution in [0.1, 0.15) is 46.5 Å². The van der Waals surface area contributed by atoms with Gasteiger partial charge in [0.05, 0.1) is 18.8 Å². The van der Waals surface area contributed by atoms with E-state index in [-0.39, 0.29) is 18.0 Å². The summed E-state index contributed by atoms with van der Waals surface area (Å²) in [6, 6.07) is 1.24. The zero-order valence-electron chi connectivity index (χ0n) is 19.7. The van der Waals surface area contributed by atoms with Crippen LogP contribution in [-0.4, -0.2) is 63.6 Å². The Bertz CT molecular complexity index is 670. The summed E-state index contributed by atoms with van der Waals surface area (Å²) in [5.74, 6) is 0.982. The van der Waals surface area contributed by atoms with Crippen LogP contribution in [0.25, 0.3) is 0 Å². The lowest BCUT2D eigenvalue weighted by molar-refractivity contribution is -0.0908. The molecule has 2 heterocycles. The van der Waals surface area contributed by atoms with Gasteiger partial charge in [0.2, 0.25) is 0 Å².